The summed E-state index contributed by atoms with van der Waals surface area (Å²) >= 11 is 0. The number of halogens is 3. The molecule has 8 heteroatoms. The summed E-state index contributed by atoms with van der Waals surface area (Å²) in [6.45, 7) is 1.74. The number of ether oxygens (including phenoxy) is 1. The minimum Gasteiger partial charge on any atom is -0.384 e. The molecule has 0 aromatic heterocycles. The van der Waals surface area contributed by atoms with E-state index in [1.54, 1.807) is 0 Å². The van der Waals surface area contributed by atoms with Crippen LogP contribution in [0, 0.1) is 5.92 Å². The summed E-state index contributed by atoms with van der Waals surface area (Å²) in [5, 5.41) is 2.78. The van der Waals surface area contributed by atoms with E-state index in [2.05, 4.69) is 5.32 Å². The summed E-state index contributed by atoms with van der Waals surface area (Å²) < 4.78 is 66.1. The van der Waals surface area contributed by atoms with Gasteiger partial charge in [-0.05, 0) is 30.9 Å². The van der Waals surface area contributed by atoms with Gasteiger partial charge in [0.05, 0.1) is 10.6 Å². The lowest BCUT2D eigenvalue weighted by Gasteiger charge is -2.15. The quantitative estimate of drug-likeness (QED) is 0.905. The lowest BCUT2D eigenvalue weighted by Crippen LogP contribution is -2.24. The predicted molar refractivity (Wildman–Crippen MR) is 71.7 cm³/mol. The molecule has 0 saturated carbocycles. The van der Waals surface area contributed by atoms with Gasteiger partial charge in [0.1, 0.15) is 0 Å². The largest absolute Gasteiger partial charge is 0.501 e. The Kier molecular flexibility index (Phi) is 4.77. The fourth-order valence-corrected chi connectivity index (χ4v) is 3.13. The SMILES string of the molecule is O=S(=O)(c1ccccc1NCCC1CCOC1)C(F)(F)F. The van der Waals surface area contributed by atoms with Crippen LogP contribution in [-0.4, -0.2) is 33.7 Å². The van der Waals surface area contributed by atoms with Crippen molar-refractivity contribution in [3.8, 4) is 0 Å². The molecule has 1 N–H and O–H groups in total. The average molecular weight is 323 g/mol. The van der Waals surface area contributed by atoms with Crippen LogP contribution in [0.4, 0.5) is 18.9 Å². The van der Waals surface area contributed by atoms with E-state index in [1.807, 2.05) is 0 Å². The number of hydrogen-bond donors (Lipinski definition) is 1. The fourth-order valence-electron chi connectivity index (χ4n) is 2.19. The second-order valence-electron chi connectivity index (χ2n) is 4.89. The molecule has 1 aliphatic rings. The maximum Gasteiger partial charge on any atom is 0.501 e. The van der Waals surface area contributed by atoms with Crippen LogP contribution in [0.5, 0.6) is 0 Å². The van der Waals surface area contributed by atoms with Crippen molar-refractivity contribution in [3.05, 3.63) is 24.3 Å². The molecule has 1 aromatic rings. The highest BCUT2D eigenvalue weighted by atomic mass is 32.2. The van der Waals surface area contributed by atoms with E-state index < -0.39 is 20.2 Å². The first-order valence-electron chi connectivity index (χ1n) is 6.54. The number of alkyl halides is 3. The Morgan fingerprint density at radius 1 is 1.29 bits per heavy atom. The summed E-state index contributed by atoms with van der Waals surface area (Å²) in [6.07, 6.45) is 1.64. The van der Waals surface area contributed by atoms with E-state index >= 15 is 0 Å². The third-order valence-corrected chi connectivity index (χ3v) is 4.92. The van der Waals surface area contributed by atoms with E-state index in [1.165, 1.54) is 18.2 Å². The number of benzene rings is 1. The summed E-state index contributed by atoms with van der Waals surface area (Å²) in [5.74, 6) is 0.365. The van der Waals surface area contributed by atoms with Gasteiger partial charge in [-0.1, -0.05) is 12.1 Å². The van der Waals surface area contributed by atoms with Crippen molar-refractivity contribution in [1.82, 2.24) is 0 Å². The molecule has 1 saturated heterocycles. The second kappa shape index (κ2) is 6.23. The zero-order valence-corrected chi connectivity index (χ0v) is 12.0. The van der Waals surface area contributed by atoms with Crippen molar-refractivity contribution < 1.29 is 26.3 Å². The minimum absolute atomic E-state index is 0.0197. The van der Waals surface area contributed by atoms with Crippen LogP contribution in [0.25, 0.3) is 0 Å². The summed E-state index contributed by atoms with van der Waals surface area (Å²) in [6, 6.07) is 5.07. The van der Waals surface area contributed by atoms with Gasteiger partial charge in [0.15, 0.2) is 0 Å². The molecule has 1 heterocycles. The Morgan fingerprint density at radius 3 is 2.62 bits per heavy atom. The van der Waals surface area contributed by atoms with Gasteiger partial charge in [0.2, 0.25) is 0 Å². The van der Waals surface area contributed by atoms with Crippen molar-refractivity contribution in [3.63, 3.8) is 0 Å². The molecule has 4 nitrogen and oxygen atoms in total. The highest BCUT2D eigenvalue weighted by molar-refractivity contribution is 7.92. The van der Waals surface area contributed by atoms with E-state index in [4.69, 9.17) is 4.74 Å². The van der Waals surface area contributed by atoms with Crippen LogP contribution >= 0.6 is 0 Å². The van der Waals surface area contributed by atoms with Gasteiger partial charge in [-0.25, -0.2) is 8.42 Å². The number of anilines is 1. The molecule has 0 aliphatic carbocycles. The molecular formula is C13H16F3NO3S. The number of sulfone groups is 1. The molecule has 118 valence electrons. The topological polar surface area (TPSA) is 55.4 Å². The standard InChI is InChI=1S/C13H16F3NO3S/c14-13(15,16)21(18,19)12-4-2-1-3-11(12)17-7-5-10-6-8-20-9-10/h1-4,10,17H,5-9H2. The smallest absolute Gasteiger partial charge is 0.384 e. The molecule has 1 aromatic carbocycles. The summed E-state index contributed by atoms with van der Waals surface area (Å²) in [4.78, 5) is -0.736. The number of hydrogen-bond acceptors (Lipinski definition) is 4. The highest BCUT2D eigenvalue weighted by Crippen LogP contribution is 2.34. The number of para-hydroxylation sites is 1. The first-order valence-corrected chi connectivity index (χ1v) is 8.02. The van der Waals surface area contributed by atoms with E-state index in [0.29, 0.717) is 25.7 Å². The van der Waals surface area contributed by atoms with E-state index in [9.17, 15) is 21.6 Å². The first kappa shape index (κ1) is 16.1. The van der Waals surface area contributed by atoms with Crippen LogP contribution < -0.4 is 5.32 Å². The van der Waals surface area contributed by atoms with Gasteiger partial charge in [-0.2, -0.15) is 13.2 Å². The average Bonchev–Trinajstić information content (AvgIpc) is 2.91. The third-order valence-electron chi connectivity index (χ3n) is 3.37. The summed E-state index contributed by atoms with van der Waals surface area (Å²) in [7, 11) is -5.34. The molecule has 21 heavy (non-hydrogen) atoms. The molecular weight excluding hydrogens is 307 g/mol. The van der Waals surface area contributed by atoms with Crippen LogP contribution in [0.2, 0.25) is 0 Å². The molecule has 1 aliphatic heterocycles. The number of nitrogens with one attached hydrogen (secondary N) is 1. The van der Waals surface area contributed by atoms with Gasteiger partial charge < -0.3 is 10.1 Å². The van der Waals surface area contributed by atoms with Gasteiger partial charge in [0.25, 0.3) is 9.84 Å². The maximum absolute atomic E-state index is 12.6. The molecule has 1 atom stereocenters. The number of rotatable bonds is 5. The van der Waals surface area contributed by atoms with Crippen molar-refractivity contribution in [1.29, 1.82) is 0 Å². The lowest BCUT2D eigenvalue weighted by atomic mass is 10.1. The molecule has 2 rings (SSSR count). The van der Waals surface area contributed by atoms with Crippen molar-refractivity contribution in [2.24, 2.45) is 5.92 Å². The van der Waals surface area contributed by atoms with Crippen LogP contribution in [0.3, 0.4) is 0 Å². The molecule has 1 fully saturated rings. The Bertz CT molecular complexity index is 581. The van der Waals surface area contributed by atoms with Crippen LogP contribution in [-0.2, 0) is 14.6 Å². The molecule has 0 bridgehead atoms. The maximum atomic E-state index is 12.6. The van der Waals surface area contributed by atoms with Crippen molar-refractivity contribution >= 4 is 15.5 Å². The van der Waals surface area contributed by atoms with Gasteiger partial charge in [-0.3, -0.25) is 0 Å². The zero-order chi connectivity index (χ0) is 15.5. The lowest BCUT2D eigenvalue weighted by molar-refractivity contribution is -0.0435. The third kappa shape index (κ3) is 3.68. The normalized spacial score (nSPS) is 19.7. The van der Waals surface area contributed by atoms with Crippen LogP contribution in [0.1, 0.15) is 12.8 Å². The monoisotopic (exact) mass is 323 g/mol. The van der Waals surface area contributed by atoms with Gasteiger partial charge in [-0.15, -0.1) is 0 Å². The molecule has 1 unspecified atom stereocenters. The van der Waals surface area contributed by atoms with Crippen molar-refractivity contribution in [2.75, 3.05) is 25.1 Å². The molecule has 0 spiro atoms. The van der Waals surface area contributed by atoms with Gasteiger partial charge in [0, 0.05) is 19.8 Å². The predicted octanol–water partition coefficient (Wildman–Crippen LogP) is 2.82. The highest BCUT2D eigenvalue weighted by Gasteiger charge is 2.47. The van der Waals surface area contributed by atoms with Gasteiger partial charge >= 0.3 is 5.51 Å². The first-order chi connectivity index (χ1) is 9.82. The van der Waals surface area contributed by atoms with Crippen LogP contribution in [0.15, 0.2) is 29.2 Å². The van der Waals surface area contributed by atoms with E-state index in [0.717, 1.165) is 18.9 Å². The Balaban J connectivity index is 2.10. The van der Waals surface area contributed by atoms with Crippen molar-refractivity contribution in [2.45, 2.75) is 23.2 Å². The Hall–Kier alpha value is -1.28. The Labute approximate surface area is 121 Å². The Morgan fingerprint density at radius 2 is 2.00 bits per heavy atom. The second-order valence-corrected chi connectivity index (χ2v) is 6.80. The minimum atomic E-state index is -5.34. The summed E-state index contributed by atoms with van der Waals surface area (Å²) in [5.41, 5.74) is -5.32. The molecule has 0 amide bonds. The van der Waals surface area contributed by atoms with E-state index in [-0.39, 0.29) is 5.69 Å². The molecule has 0 radical (unpaired) electrons. The zero-order valence-electron chi connectivity index (χ0n) is 11.2. The fraction of sp³-hybridized carbons (Fsp3) is 0.538.